The Morgan fingerprint density at radius 3 is 1.29 bits per heavy atom. The Bertz CT molecular complexity index is 1810. The van der Waals surface area contributed by atoms with E-state index in [1.54, 1.807) is 0 Å². The fraction of sp³-hybridized carbons (Fsp3) is 0.865. The van der Waals surface area contributed by atoms with E-state index in [0.29, 0.717) is 39.1 Å². The molecule has 1 aliphatic heterocycles. The molecule has 536 valence electrons. The largest absolute Gasteiger partial charge is 0.463 e. The van der Waals surface area contributed by atoms with E-state index in [1.165, 1.54) is 118 Å². The van der Waals surface area contributed by atoms with Crippen molar-refractivity contribution >= 4 is 35.8 Å². The smallest absolute Gasteiger partial charge is 0.306 e. The van der Waals surface area contributed by atoms with Crippen molar-refractivity contribution in [2.24, 2.45) is 0 Å². The second-order valence-electron chi connectivity index (χ2n) is 25.4. The van der Waals surface area contributed by atoms with Crippen molar-refractivity contribution < 1.29 is 76.4 Å². The maximum Gasteiger partial charge on any atom is 0.306 e. The first kappa shape index (κ1) is 86.1. The number of esters is 6. The van der Waals surface area contributed by atoms with E-state index in [2.05, 4.69) is 49.6 Å². The van der Waals surface area contributed by atoms with Crippen LogP contribution in [-0.4, -0.2) is 155 Å². The zero-order chi connectivity index (χ0) is 67.3. The van der Waals surface area contributed by atoms with Gasteiger partial charge in [0, 0.05) is 47.1 Å². The van der Waals surface area contributed by atoms with Crippen LogP contribution in [0.15, 0.2) is 24.3 Å². The van der Waals surface area contributed by atoms with Crippen LogP contribution in [0.5, 0.6) is 0 Å². The molecule has 0 spiro atoms. The fourth-order valence-electron chi connectivity index (χ4n) is 11.4. The lowest BCUT2D eigenvalue weighted by molar-refractivity contribution is -0.326. The number of unbranched alkanes of at least 4 members (excludes halogenated alkanes) is 27. The van der Waals surface area contributed by atoms with E-state index in [9.17, 15) is 28.8 Å². The molecule has 1 aliphatic rings. The van der Waals surface area contributed by atoms with Gasteiger partial charge in [0.15, 0.2) is 24.6 Å². The summed E-state index contributed by atoms with van der Waals surface area (Å²) in [6.07, 6.45) is 44.2. The van der Waals surface area contributed by atoms with Gasteiger partial charge in [0.25, 0.3) is 0 Å². The predicted octanol–water partition coefficient (Wildman–Crippen LogP) is 16.5. The van der Waals surface area contributed by atoms with Crippen LogP contribution in [-0.2, 0) is 76.4 Å². The zero-order valence-electron chi connectivity index (χ0n) is 59.6. The lowest BCUT2D eigenvalue weighted by atomic mass is 9.98. The molecule has 6 atom stereocenters. The second kappa shape index (κ2) is 61.9. The molecule has 0 N–H and O–H groups in total. The van der Waals surface area contributed by atoms with E-state index in [0.717, 1.165) is 181 Å². The van der Waals surface area contributed by atoms with Crippen LogP contribution in [0.3, 0.4) is 0 Å². The highest BCUT2D eigenvalue weighted by atomic mass is 17.2. The van der Waals surface area contributed by atoms with Gasteiger partial charge in [-0.2, -0.15) is 0 Å². The SMILES string of the molecule is CCCCCC/C=C\COC(=O)CCCCCCCCN(CCCCCCCCC(=O)OC/C=C\CCCCCC)CCCN(CCCCCCC(CC)OOCCCCCCCCC)CCCOC1OC(COC(C)=O)C(OC(C)=O)C(OC(C)=O)C1OC(C)=O. The Morgan fingerprint density at radius 2 is 0.815 bits per heavy atom. The van der Waals surface area contributed by atoms with Crippen LogP contribution in [0.1, 0.15) is 306 Å². The molecule has 0 amide bonds. The summed E-state index contributed by atoms with van der Waals surface area (Å²) in [5.41, 5.74) is 0. The molecule has 1 heterocycles. The number of hydrogen-bond acceptors (Lipinski definition) is 18. The standard InChI is InChI=1S/C74H134N2O16/c1-9-13-16-19-26-35-44-58-83-69(81)50-39-29-22-24-32-41-52-75(53-42-33-25-23-30-40-51-70(82)84-59-45-36-27-20-17-14-10-2)55-47-56-76(54-43-34-31-38-49-67(12-4)92-87-61-46-37-28-21-18-15-11-3)57-48-60-85-74-73(90-66(8)80)72(89-65(7)79)71(88-64(6)78)68(91-74)62-86-63(5)77/h35-36,44-45,67-68,71-74H,9-34,37-43,46-62H2,1-8H3/b44-35-,45-36-. The molecule has 0 aliphatic carbocycles. The number of hydrogen-bond donors (Lipinski definition) is 0. The maximum atomic E-state index is 12.5. The summed E-state index contributed by atoms with van der Waals surface area (Å²) >= 11 is 0. The van der Waals surface area contributed by atoms with Gasteiger partial charge >= 0.3 is 35.8 Å². The fourth-order valence-corrected chi connectivity index (χ4v) is 11.4. The van der Waals surface area contributed by atoms with Crippen LogP contribution in [0.25, 0.3) is 0 Å². The number of nitrogens with zero attached hydrogens (tertiary/aromatic N) is 2. The second-order valence-corrected chi connectivity index (χ2v) is 25.4. The van der Waals surface area contributed by atoms with E-state index >= 15 is 0 Å². The quantitative estimate of drug-likeness (QED) is 0.0139. The summed E-state index contributed by atoms with van der Waals surface area (Å²) in [5.74, 6) is -2.87. The molecule has 0 bridgehead atoms. The molecular formula is C74H134N2O16. The van der Waals surface area contributed by atoms with E-state index in [-0.39, 0.29) is 31.3 Å². The summed E-state index contributed by atoms with van der Waals surface area (Å²) < 4.78 is 45.6. The minimum Gasteiger partial charge on any atom is -0.463 e. The molecule has 92 heavy (non-hydrogen) atoms. The van der Waals surface area contributed by atoms with Gasteiger partial charge < -0.3 is 47.7 Å². The molecule has 1 saturated heterocycles. The summed E-state index contributed by atoms with van der Waals surface area (Å²) in [4.78, 5) is 90.6. The summed E-state index contributed by atoms with van der Waals surface area (Å²) in [6, 6.07) is 0. The predicted molar refractivity (Wildman–Crippen MR) is 365 cm³/mol. The monoisotopic (exact) mass is 1310 g/mol. The topological polar surface area (TPSA) is 201 Å². The Morgan fingerprint density at radius 1 is 0.402 bits per heavy atom. The molecule has 18 nitrogen and oxygen atoms in total. The highest BCUT2D eigenvalue weighted by Crippen LogP contribution is 2.30. The van der Waals surface area contributed by atoms with Gasteiger partial charge in [-0.25, -0.2) is 9.78 Å². The van der Waals surface area contributed by atoms with Crippen molar-refractivity contribution in [3.63, 3.8) is 0 Å². The minimum atomic E-state index is -1.30. The number of ether oxygens (including phenoxy) is 8. The highest BCUT2D eigenvalue weighted by molar-refractivity contribution is 5.70. The zero-order valence-corrected chi connectivity index (χ0v) is 59.6. The minimum absolute atomic E-state index is 0.0934. The van der Waals surface area contributed by atoms with E-state index in [1.807, 2.05) is 12.2 Å². The number of carbonyl (C=O) groups is 6. The molecule has 0 saturated carbocycles. The van der Waals surface area contributed by atoms with Crippen molar-refractivity contribution in [2.75, 3.05) is 72.3 Å². The third-order valence-electron chi connectivity index (χ3n) is 16.7. The molecule has 0 aromatic carbocycles. The van der Waals surface area contributed by atoms with Gasteiger partial charge in [-0.15, -0.1) is 0 Å². The van der Waals surface area contributed by atoms with Crippen LogP contribution in [0, 0.1) is 0 Å². The van der Waals surface area contributed by atoms with Crippen molar-refractivity contribution in [1.29, 1.82) is 0 Å². The summed E-state index contributed by atoms with van der Waals surface area (Å²) in [6.45, 7) is 20.5. The Kier molecular flexibility index (Phi) is 57.9. The van der Waals surface area contributed by atoms with Gasteiger partial charge in [0.05, 0.1) is 19.3 Å². The first-order valence-electron chi connectivity index (χ1n) is 37.0. The van der Waals surface area contributed by atoms with Crippen LogP contribution in [0.2, 0.25) is 0 Å². The van der Waals surface area contributed by atoms with Crippen molar-refractivity contribution in [3.8, 4) is 0 Å². The van der Waals surface area contributed by atoms with Gasteiger partial charge in [0.2, 0.25) is 0 Å². The maximum absolute atomic E-state index is 12.5. The van der Waals surface area contributed by atoms with Gasteiger partial charge in [-0.1, -0.05) is 200 Å². The van der Waals surface area contributed by atoms with E-state index in [4.69, 9.17) is 47.7 Å². The third-order valence-corrected chi connectivity index (χ3v) is 16.7. The average Bonchev–Trinajstić information content (AvgIpc) is 0.799. The molecule has 0 aromatic heterocycles. The van der Waals surface area contributed by atoms with Crippen molar-refractivity contribution in [3.05, 3.63) is 24.3 Å². The molecule has 0 radical (unpaired) electrons. The summed E-state index contributed by atoms with van der Waals surface area (Å²) in [5, 5.41) is 0. The van der Waals surface area contributed by atoms with Crippen LogP contribution < -0.4 is 0 Å². The molecule has 0 aromatic rings. The van der Waals surface area contributed by atoms with Crippen LogP contribution in [0.4, 0.5) is 0 Å². The molecule has 1 rings (SSSR count). The normalized spacial score (nSPS) is 17.0. The highest BCUT2D eigenvalue weighted by Gasteiger charge is 2.52. The average molecular weight is 1310 g/mol. The molecule has 6 unspecified atom stereocenters. The first-order valence-corrected chi connectivity index (χ1v) is 37.0. The van der Waals surface area contributed by atoms with Gasteiger partial charge in [-0.05, 0) is 123 Å². The van der Waals surface area contributed by atoms with Crippen LogP contribution >= 0.6 is 0 Å². The molecule has 1 fully saturated rings. The molecular weight excluding hydrogens is 1170 g/mol. The van der Waals surface area contributed by atoms with Gasteiger partial charge in [0.1, 0.15) is 25.9 Å². The van der Waals surface area contributed by atoms with Crippen molar-refractivity contribution in [1.82, 2.24) is 9.80 Å². The Labute approximate surface area is 559 Å². The van der Waals surface area contributed by atoms with E-state index < -0.39 is 54.6 Å². The van der Waals surface area contributed by atoms with Gasteiger partial charge in [-0.3, -0.25) is 28.8 Å². The third kappa shape index (κ3) is 51.4. The molecule has 18 heteroatoms. The Hall–Kier alpha value is -3.94. The first-order chi connectivity index (χ1) is 44.7. The number of rotatable bonds is 64. The number of allylic oxidation sites excluding steroid dienone is 2. The Balaban J connectivity index is 3.04. The lowest BCUT2D eigenvalue weighted by Crippen LogP contribution is -2.63. The van der Waals surface area contributed by atoms with Crippen molar-refractivity contribution in [2.45, 2.75) is 343 Å². The summed E-state index contributed by atoms with van der Waals surface area (Å²) in [7, 11) is 0. The lowest BCUT2D eigenvalue weighted by Gasteiger charge is -2.44. The number of carbonyl (C=O) groups excluding carboxylic acids is 6.